The van der Waals surface area contributed by atoms with E-state index < -0.39 is 0 Å². The fourth-order valence-corrected chi connectivity index (χ4v) is 5.58. The molecule has 1 aliphatic rings. The maximum absolute atomic E-state index is 6.52. The third kappa shape index (κ3) is 2.87. The molecular weight excluding hydrogens is 410 g/mol. The van der Waals surface area contributed by atoms with Gasteiger partial charge < -0.3 is 5.73 Å². The monoisotopic (exact) mass is 433 g/mol. The first kappa shape index (κ1) is 19.1. The average Bonchev–Trinajstić information content (AvgIpc) is 3.27. The van der Waals surface area contributed by atoms with Crippen molar-refractivity contribution in [3.05, 3.63) is 126 Å². The Labute approximate surface area is 199 Å². The summed E-state index contributed by atoms with van der Waals surface area (Å²) in [4.78, 5) is 0. The van der Waals surface area contributed by atoms with E-state index in [9.17, 15) is 0 Å². The first-order valence-corrected chi connectivity index (χ1v) is 11.8. The van der Waals surface area contributed by atoms with Crippen molar-refractivity contribution in [3.8, 4) is 33.4 Å². The van der Waals surface area contributed by atoms with Gasteiger partial charge in [0, 0.05) is 11.3 Å². The quantitative estimate of drug-likeness (QED) is 0.215. The number of benzene rings is 6. The largest absolute Gasteiger partial charge is 0.398 e. The summed E-state index contributed by atoms with van der Waals surface area (Å²) in [5.41, 5.74) is 17.5. The van der Waals surface area contributed by atoms with Crippen LogP contribution in [0.15, 0.2) is 115 Å². The summed E-state index contributed by atoms with van der Waals surface area (Å²) in [5.74, 6) is 0. The molecule has 34 heavy (non-hydrogen) atoms. The van der Waals surface area contributed by atoms with Crippen LogP contribution in [0.1, 0.15) is 11.1 Å². The molecule has 0 unspecified atom stereocenters. The van der Waals surface area contributed by atoms with Crippen molar-refractivity contribution in [1.29, 1.82) is 0 Å². The third-order valence-corrected chi connectivity index (χ3v) is 7.27. The Morgan fingerprint density at radius 1 is 0.500 bits per heavy atom. The summed E-state index contributed by atoms with van der Waals surface area (Å²) in [6.07, 6.45) is 0.936. The van der Waals surface area contributed by atoms with E-state index in [4.69, 9.17) is 5.73 Å². The van der Waals surface area contributed by atoms with Crippen molar-refractivity contribution in [1.82, 2.24) is 0 Å². The summed E-state index contributed by atoms with van der Waals surface area (Å²) in [7, 11) is 0. The van der Waals surface area contributed by atoms with Crippen molar-refractivity contribution in [2.45, 2.75) is 6.42 Å². The number of nitrogens with two attached hydrogens (primary N) is 1. The van der Waals surface area contributed by atoms with Crippen LogP contribution in [0.25, 0.3) is 54.9 Å². The smallest absolute Gasteiger partial charge is 0.0397 e. The number of hydrogen-bond acceptors (Lipinski definition) is 1. The van der Waals surface area contributed by atoms with Gasteiger partial charge in [0.25, 0.3) is 0 Å². The van der Waals surface area contributed by atoms with Gasteiger partial charge in [-0.1, -0.05) is 103 Å². The normalized spacial score (nSPS) is 12.1. The summed E-state index contributed by atoms with van der Waals surface area (Å²) in [6.45, 7) is 0. The van der Waals surface area contributed by atoms with Gasteiger partial charge in [-0.15, -0.1) is 0 Å². The lowest BCUT2D eigenvalue weighted by Crippen LogP contribution is -1.95. The minimum Gasteiger partial charge on any atom is -0.398 e. The maximum Gasteiger partial charge on any atom is 0.0397 e. The first-order chi connectivity index (χ1) is 16.8. The Morgan fingerprint density at radius 3 is 2.06 bits per heavy atom. The molecule has 0 radical (unpaired) electrons. The topological polar surface area (TPSA) is 26.0 Å². The van der Waals surface area contributed by atoms with Gasteiger partial charge in [0.1, 0.15) is 0 Å². The van der Waals surface area contributed by atoms with Gasteiger partial charge in [-0.3, -0.25) is 0 Å². The van der Waals surface area contributed by atoms with Gasteiger partial charge in [-0.25, -0.2) is 0 Å². The molecule has 0 saturated heterocycles. The molecule has 1 heteroatoms. The number of anilines is 1. The second-order valence-electron chi connectivity index (χ2n) is 9.19. The second kappa shape index (κ2) is 7.33. The Hall–Kier alpha value is -4.36. The molecule has 7 rings (SSSR count). The van der Waals surface area contributed by atoms with Crippen molar-refractivity contribution in [3.63, 3.8) is 0 Å². The zero-order valence-corrected chi connectivity index (χ0v) is 18.8. The van der Waals surface area contributed by atoms with Crippen molar-refractivity contribution >= 4 is 27.2 Å². The van der Waals surface area contributed by atoms with E-state index >= 15 is 0 Å². The van der Waals surface area contributed by atoms with E-state index in [1.807, 2.05) is 0 Å². The van der Waals surface area contributed by atoms with Crippen LogP contribution in [-0.4, -0.2) is 0 Å². The van der Waals surface area contributed by atoms with Crippen molar-refractivity contribution < 1.29 is 0 Å². The number of fused-ring (bicyclic) bond motifs is 6. The van der Waals surface area contributed by atoms with E-state index in [-0.39, 0.29) is 0 Å². The van der Waals surface area contributed by atoms with Crippen LogP contribution in [-0.2, 0) is 6.42 Å². The molecule has 0 amide bonds. The molecule has 2 N–H and O–H groups in total. The molecule has 0 heterocycles. The molecule has 0 atom stereocenters. The van der Waals surface area contributed by atoms with Crippen molar-refractivity contribution in [2.75, 3.05) is 5.73 Å². The Bertz CT molecular complexity index is 1720. The molecule has 6 aromatic carbocycles. The maximum atomic E-state index is 6.52. The van der Waals surface area contributed by atoms with E-state index in [2.05, 4.69) is 115 Å². The average molecular weight is 434 g/mol. The standard InChI is InChI=1S/C33H23N/c34-32-18-17-29-28-8-4-2-6-26(28)20-31(29)33(32)24-14-9-21(10-15-24)25-16-13-23-12-11-22-5-1-3-7-27(22)30(23)19-25/h1-19H,20,34H2. The second-order valence-corrected chi connectivity index (χ2v) is 9.19. The Morgan fingerprint density at radius 2 is 1.18 bits per heavy atom. The highest BCUT2D eigenvalue weighted by atomic mass is 14.6. The van der Waals surface area contributed by atoms with Crippen LogP contribution in [0.3, 0.4) is 0 Å². The lowest BCUT2D eigenvalue weighted by atomic mass is 9.92. The molecule has 0 bridgehead atoms. The molecule has 160 valence electrons. The molecule has 1 nitrogen and oxygen atoms in total. The molecular formula is C33H23N. The van der Waals surface area contributed by atoms with Crippen LogP contribution >= 0.6 is 0 Å². The van der Waals surface area contributed by atoms with Crippen LogP contribution in [0.4, 0.5) is 5.69 Å². The summed E-state index contributed by atoms with van der Waals surface area (Å²) in [5, 5.41) is 5.14. The summed E-state index contributed by atoms with van der Waals surface area (Å²) >= 11 is 0. The highest BCUT2D eigenvalue weighted by molar-refractivity contribution is 6.08. The van der Waals surface area contributed by atoms with Crippen LogP contribution < -0.4 is 5.73 Å². The van der Waals surface area contributed by atoms with E-state index in [1.165, 1.54) is 66.1 Å². The first-order valence-electron chi connectivity index (χ1n) is 11.8. The van der Waals surface area contributed by atoms with Gasteiger partial charge in [0.05, 0.1) is 0 Å². The van der Waals surface area contributed by atoms with Crippen LogP contribution in [0.5, 0.6) is 0 Å². The number of hydrogen-bond donors (Lipinski definition) is 1. The lowest BCUT2D eigenvalue weighted by Gasteiger charge is -2.13. The molecule has 0 spiro atoms. The fourth-order valence-electron chi connectivity index (χ4n) is 5.58. The molecule has 0 aromatic heterocycles. The summed E-state index contributed by atoms with van der Waals surface area (Å²) < 4.78 is 0. The zero-order chi connectivity index (χ0) is 22.6. The van der Waals surface area contributed by atoms with Gasteiger partial charge in [-0.2, -0.15) is 0 Å². The van der Waals surface area contributed by atoms with E-state index in [0.717, 1.165) is 12.1 Å². The minimum atomic E-state index is 0.844. The zero-order valence-electron chi connectivity index (χ0n) is 18.8. The van der Waals surface area contributed by atoms with Crippen LogP contribution in [0.2, 0.25) is 0 Å². The molecule has 1 aliphatic carbocycles. The highest BCUT2D eigenvalue weighted by Gasteiger charge is 2.22. The molecule has 0 aliphatic heterocycles. The minimum absolute atomic E-state index is 0.844. The number of nitrogen functional groups attached to an aromatic ring is 1. The SMILES string of the molecule is Nc1ccc2c(c1-c1ccc(-c3ccc4ccc5ccccc5c4c3)cc1)Cc1ccccc1-2. The fraction of sp³-hybridized carbons (Fsp3) is 0.0303. The molecule has 6 aromatic rings. The Balaban J connectivity index is 1.32. The highest BCUT2D eigenvalue weighted by Crippen LogP contribution is 2.44. The van der Waals surface area contributed by atoms with Gasteiger partial charge in [0.2, 0.25) is 0 Å². The predicted octanol–water partition coefficient (Wildman–Crippen LogP) is 8.48. The lowest BCUT2D eigenvalue weighted by molar-refractivity contribution is 1.26. The van der Waals surface area contributed by atoms with Gasteiger partial charge in [0.15, 0.2) is 0 Å². The van der Waals surface area contributed by atoms with Gasteiger partial charge >= 0.3 is 0 Å². The van der Waals surface area contributed by atoms with E-state index in [1.54, 1.807) is 0 Å². The number of rotatable bonds is 2. The third-order valence-electron chi connectivity index (χ3n) is 7.27. The predicted molar refractivity (Wildman–Crippen MR) is 145 cm³/mol. The van der Waals surface area contributed by atoms with Crippen molar-refractivity contribution in [2.24, 2.45) is 0 Å². The van der Waals surface area contributed by atoms with E-state index in [0.29, 0.717) is 0 Å². The molecule has 0 fully saturated rings. The Kier molecular flexibility index (Phi) is 4.13. The summed E-state index contributed by atoms with van der Waals surface area (Å²) in [6, 6.07) is 41.6. The van der Waals surface area contributed by atoms with Gasteiger partial charge in [-0.05, 0) is 79.0 Å². The van der Waals surface area contributed by atoms with Crippen LogP contribution in [0, 0.1) is 0 Å². The molecule has 0 saturated carbocycles.